The van der Waals surface area contributed by atoms with Gasteiger partial charge in [0.25, 0.3) is 0 Å². The number of fused-ring (bicyclic) bond motifs is 1. The van der Waals surface area contributed by atoms with E-state index in [1.54, 1.807) is 43.4 Å². The smallest absolute Gasteiger partial charge is 0.326 e. The second-order valence-corrected chi connectivity index (χ2v) is 11.0. The molecule has 1 saturated heterocycles. The van der Waals surface area contributed by atoms with Gasteiger partial charge in [-0.1, -0.05) is 11.3 Å². The minimum atomic E-state index is -3.18. The molecule has 3 aromatic rings. The zero-order chi connectivity index (χ0) is 28.3. The Hall–Kier alpha value is -3.69. The number of hydrogen-bond donors (Lipinski definition) is 3. The molecule has 0 saturated carbocycles. The standard InChI is InChI=1S/C24H30N6O7S2/c1-28(2)24-27-13-20(38-24)30(39(34)35)17-5-7-29(22(17)31)18(23(32)33)11-15-10-14-4-6-26-21(25)16(14)12-19(15)37-9-8-36-3/h4,6,10,12-13,17-18,39H,5,7-9,11H2,1-3H3,(H2,25,26)(H,32,33)/t17-,18+/m0/s1. The van der Waals surface area contributed by atoms with Crippen molar-refractivity contribution in [2.45, 2.75) is 24.9 Å². The zero-order valence-electron chi connectivity index (χ0n) is 21.6. The van der Waals surface area contributed by atoms with Gasteiger partial charge in [-0.05, 0) is 35.6 Å². The quantitative estimate of drug-likeness (QED) is 0.207. The molecule has 0 unspecified atom stereocenters. The third-order valence-electron chi connectivity index (χ3n) is 6.37. The number of anilines is 3. The fourth-order valence-corrected chi connectivity index (χ4v) is 6.26. The average molecular weight is 579 g/mol. The van der Waals surface area contributed by atoms with Crippen LogP contribution in [-0.4, -0.2) is 93.3 Å². The summed E-state index contributed by atoms with van der Waals surface area (Å²) in [7, 11) is 1.90. The third-order valence-corrected chi connectivity index (χ3v) is 8.51. The van der Waals surface area contributed by atoms with Gasteiger partial charge in [-0.15, -0.1) is 0 Å². The summed E-state index contributed by atoms with van der Waals surface area (Å²) in [5.74, 6) is -1.10. The Kier molecular flexibility index (Phi) is 8.72. The number of aromatic nitrogens is 2. The average Bonchev–Trinajstić information content (AvgIpc) is 3.51. The van der Waals surface area contributed by atoms with Crippen LogP contribution in [0.25, 0.3) is 10.8 Å². The Bertz CT molecular complexity index is 1440. The number of carboxylic acid groups (broad SMARTS) is 1. The van der Waals surface area contributed by atoms with Crippen molar-refractivity contribution in [3.05, 3.63) is 36.2 Å². The molecule has 3 N–H and O–H groups in total. The van der Waals surface area contributed by atoms with Gasteiger partial charge < -0.3 is 30.1 Å². The number of pyridine rings is 1. The molecule has 1 aromatic carbocycles. The van der Waals surface area contributed by atoms with E-state index in [1.165, 1.54) is 18.2 Å². The summed E-state index contributed by atoms with van der Waals surface area (Å²) in [6.45, 7) is 0.599. The molecule has 1 amide bonds. The van der Waals surface area contributed by atoms with Gasteiger partial charge >= 0.3 is 5.97 Å². The minimum Gasteiger partial charge on any atom is -0.491 e. The first-order valence-electron chi connectivity index (χ1n) is 12.0. The summed E-state index contributed by atoms with van der Waals surface area (Å²) in [5, 5.41) is 12.4. The summed E-state index contributed by atoms with van der Waals surface area (Å²) in [5.41, 5.74) is 6.59. The lowest BCUT2D eigenvalue weighted by molar-refractivity contribution is -0.148. The zero-order valence-corrected chi connectivity index (χ0v) is 23.4. The molecular formula is C24H30N6O7S2. The lowest BCUT2D eigenvalue weighted by Gasteiger charge is -2.27. The number of thiazole rings is 1. The number of nitrogens with zero attached hydrogens (tertiary/aromatic N) is 5. The van der Waals surface area contributed by atoms with Crippen LogP contribution in [0.15, 0.2) is 30.6 Å². The van der Waals surface area contributed by atoms with Crippen LogP contribution in [0.2, 0.25) is 0 Å². The fourth-order valence-electron chi connectivity index (χ4n) is 4.48. The number of carboxylic acids is 1. The van der Waals surface area contributed by atoms with Crippen LogP contribution >= 0.6 is 11.3 Å². The lowest BCUT2D eigenvalue weighted by atomic mass is 10.00. The van der Waals surface area contributed by atoms with Crippen LogP contribution in [0.3, 0.4) is 0 Å². The first-order chi connectivity index (χ1) is 18.6. The number of ether oxygens (including phenoxy) is 2. The van der Waals surface area contributed by atoms with Crippen LogP contribution in [-0.2, 0) is 31.6 Å². The molecule has 2 aromatic heterocycles. The number of methoxy groups -OCH3 is 1. The van der Waals surface area contributed by atoms with Crippen LogP contribution < -0.4 is 19.7 Å². The van der Waals surface area contributed by atoms with E-state index in [2.05, 4.69) is 9.97 Å². The second-order valence-electron chi connectivity index (χ2n) is 9.07. The molecule has 3 heterocycles. The van der Waals surface area contributed by atoms with E-state index in [9.17, 15) is 23.1 Å². The van der Waals surface area contributed by atoms with Gasteiger partial charge in [0, 0.05) is 45.8 Å². The predicted molar refractivity (Wildman–Crippen MR) is 148 cm³/mol. The molecule has 2 atom stereocenters. The molecule has 0 spiro atoms. The Morgan fingerprint density at radius 3 is 2.72 bits per heavy atom. The largest absolute Gasteiger partial charge is 0.491 e. The van der Waals surface area contributed by atoms with E-state index in [4.69, 9.17) is 15.2 Å². The lowest BCUT2D eigenvalue weighted by Crippen LogP contribution is -2.48. The molecule has 0 radical (unpaired) electrons. The van der Waals surface area contributed by atoms with Gasteiger partial charge in [-0.25, -0.2) is 27.5 Å². The van der Waals surface area contributed by atoms with Gasteiger partial charge in [0.05, 0.1) is 12.8 Å². The first-order valence-corrected chi connectivity index (χ1v) is 14.0. The van der Waals surface area contributed by atoms with Crippen molar-refractivity contribution in [3.63, 3.8) is 0 Å². The number of nitrogens with two attached hydrogens (primary N) is 1. The molecule has 1 aliphatic rings. The summed E-state index contributed by atoms with van der Waals surface area (Å²) in [4.78, 5) is 37.2. The first kappa shape index (κ1) is 28.3. The van der Waals surface area contributed by atoms with Crippen LogP contribution in [0.4, 0.5) is 16.0 Å². The highest BCUT2D eigenvalue weighted by molar-refractivity contribution is 7.74. The number of hydrogen-bond acceptors (Lipinski definition) is 11. The number of carbonyl (C=O) groups is 2. The molecular weight excluding hydrogens is 548 g/mol. The molecule has 0 aliphatic carbocycles. The SMILES string of the molecule is COCCOc1cc2c(N)nccc2cc1C[C@H](C(=O)O)N1CC[C@H](N(c2cnc(N(C)C)s2)[SH](=O)=O)C1=O. The summed E-state index contributed by atoms with van der Waals surface area (Å²) >= 11 is 1.13. The Morgan fingerprint density at radius 1 is 1.31 bits per heavy atom. The van der Waals surface area contributed by atoms with Gasteiger partial charge in [-0.3, -0.25) is 4.79 Å². The molecule has 39 heavy (non-hydrogen) atoms. The van der Waals surface area contributed by atoms with Crippen molar-refractivity contribution in [2.24, 2.45) is 0 Å². The number of nitrogen functional groups attached to an aromatic ring is 1. The van der Waals surface area contributed by atoms with E-state index in [1.807, 2.05) is 0 Å². The van der Waals surface area contributed by atoms with Crippen molar-refractivity contribution < 1.29 is 32.6 Å². The predicted octanol–water partition coefficient (Wildman–Crippen LogP) is 0.994. The highest BCUT2D eigenvalue weighted by atomic mass is 32.2. The molecule has 0 bridgehead atoms. The molecule has 15 heteroatoms. The molecule has 13 nitrogen and oxygen atoms in total. The van der Waals surface area contributed by atoms with Gasteiger partial charge in [0.2, 0.25) is 16.8 Å². The van der Waals surface area contributed by atoms with E-state index in [0.717, 1.165) is 21.0 Å². The maximum absolute atomic E-state index is 13.5. The monoisotopic (exact) mass is 578 g/mol. The van der Waals surface area contributed by atoms with E-state index < -0.39 is 34.9 Å². The number of thiol groups is 1. The molecule has 1 aliphatic heterocycles. The molecule has 1 fully saturated rings. The summed E-state index contributed by atoms with van der Waals surface area (Å²) in [6, 6.07) is 2.90. The van der Waals surface area contributed by atoms with E-state index in [-0.39, 0.29) is 31.0 Å². The maximum Gasteiger partial charge on any atom is 0.326 e. The van der Waals surface area contributed by atoms with Gasteiger partial charge in [0.15, 0.2) is 5.13 Å². The number of rotatable bonds is 12. The number of carbonyl (C=O) groups excluding carboxylic acids is 1. The van der Waals surface area contributed by atoms with Crippen LogP contribution in [0, 0.1) is 0 Å². The third kappa shape index (κ3) is 5.99. The van der Waals surface area contributed by atoms with Gasteiger partial charge in [-0.2, -0.15) is 0 Å². The highest BCUT2D eigenvalue weighted by Gasteiger charge is 2.43. The fraction of sp³-hybridized carbons (Fsp3) is 0.417. The van der Waals surface area contributed by atoms with Crippen molar-refractivity contribution >= 4 is 60.8 Å². The van der Waals surface area contributed by atoms with Crippen molar-refractivity contribution in [3.8, 4) is 5.75 Å². The van der Waals surface area contributed by atoms with E-state index in [0.29, 0.717) is 34.3 Å². The maximum atomic E-state index is 13.5. The Morgan fingerprint density at radius 2 is 2.08 bits per heavy atom. The van der Waals surface area contributed by atoms with Crippen molar-refractivity contribution in [1.82, 2.24) is 14.9 Å². The van der Waals surface area contributed by atoms with E-state index >= 15 is 0 Å². The number of likely N-dealkylation sites (tertiary alicyclic amines) is 1. The van der Waals surface area contributed by atoms with Crippen LogP contribution in [0.5, 0.6) is 5.75 Å². The number of benzene rings is 1. The second kappa shape index (κ2) is 12.0. The number of amides is 1. The highest BCUT2D eigenvalue weighted by Crippen LogP contribution is 2.35. The minimum absolute atomic E-state index is 0.0663. The topological polar surface area (TPSA) is 168 Å². The van der Waals surface area contributed by atoms with Crippen molar-refractivity contribution in [1.29, 1.82) is 0 Å². The van der Waals surface area contributed by atoms with Gasteiger partial charge in [0.1, 0.15) is 35.3 Å². The summed E-state index contributed by atoms with van der Waals surface area (Å²) < 4.78 is 36.4. The van der Waals surface area contributed by atoms with Crippen molar-refractivity contribution in [2.75, 3.05) is 55.9 Å². The van der Waals surface area contributed by atoms with Crippen LogP contribution in [0.1, 0.15) is 12.0 Å². The Balaban J connectivity index is 1.64. The Labute approximate surface area is 230 Å². The molecule has 210 valence electrons. The summed E-state index contributed by atoms with van der Waals surface area (Å²) in [6.07, 6.45) is 3.02. The normalized spacial score (nSPS) is 16.2. The molecule has 4 rings (SSSR count). The number of aliphatic carboxylic acids is 1.